The molecule has 6 heteroatoms. The SMILES string of the molecule is COc1ccc(N2C(=O)CCC(C(=O)NC3CCCCCC3)C2c2ccc(F)cc2)cc1. The highest BCUT2D eigenvalue weighted by Crippen LogP contribution is 2.40. The second-order valence-corrected chi connectivity index (χ2v) is 8.80. The van der Waals surface area contributed by atoms with Gasteiger partial charge in [-0.15, -0.1) is 0 Å². The number of piperidine rings is 1. The molecule has 5 nitrogen and oxygen atoms in total. The maximum atomic E-state index is 13.7. The molecule has 2 aromatic carbocycles. The van der Waals surface area contributed by atoms with E-state index < -0.39 is 12.0 Å². The van der Waals surface area contributed by atoms with E-state index in [1.54, 1.807) is 36.3 Å². The number of amides is 2. The average Bonchev–Trinajstić information content (AvgIpc) is 3.08. The Morgan fingerprint density at radius 1 is 0.969 bits per heavy atom. The molecule has 1 saturated carbocycles. The molecule has 0 spiro atoms. The standard InChI is InChI=1S/C26H31FN2O3/c1-32-22-14-12-21(13-15-22)29-24(30)17-16-23(25(29)18-8-10-19(27)11-9-18)26(31)28-20-6-4-2-3-5-7-20/h8-15,20,23,25H,2-7,16-17H2,1H3,(H,28,31). The van der Waals surface area contributed by atoms with Crippen LogP contribution in [0.25, 0.3) is 0 Å². The highest BCUT2D eigenvalue weighted by molar-refractivity contribution is 5.97. The van der Waals surface area contributed by atoms with E-state index in [1.807, 2.05) is 12.1 Å². The summed E-state index contributed by atoms with van der Waals surface area (Å²) in [4.78, 5) is 28.3. The average molecular weight is 439 g/mol. The minimum Gasteiger partial charge on any atom is -0.497 e. The largest absolute Gasteiger partial charge is 0.497 e. The predicted octanol–water partition coefficient (Wildman–Crippen LogP) is 5.16. The first-order valence-corrected chi connectivity index (χ1v) is 11.6. The number of methoxy groups -OCH3 is 1. The third-order valence-corrected chi connectivity index (χ3v) is 6.70. The van der Waals surface area contributed by atoms with Crippen LogP contribution in [0.4, 0.5) is 10.1 Å². The fourth-order valence-corrected chi connectivity index (χ4v) is 4.99. The van der Waals surface area contributed by atoms with Gasteiger partial charge in [-0.05, 0) is 61.2 Å². The van der Waals surface area contributed by atoms with Gasteiger partial charge in [0.15, 0.2) is 0 Å². The molecule has 1 aliphatic heterocycles. The van der Waals surface area contributed by atoms with Crippen molar-refractivity contribution in [2.45, 2.75) is 63.5 Å². The molecule has 1 aliphatic carbocycles. The van der Waals surface area contributed by atoms with Crippen molar-refractivity contribution in [1.82, 2.24) is 5.32 Å². The molecule has 1 N–H and O–H groups in total. The van der Waals surface area contributed by atoms with Gasteiger partial charge in [-0.3, -0.25) is 9.59 Å². The van der Waals surface area contributed by atoms with Crippen molar-refractivity contribution < 1.29 is 18.7 Å². The number of rotatable bonds is 5. The number of hydrogen-bond donors (Lipinski definition) is 1. The van der Waals surface area contributed by atoms with Crippen molar-refractivity contribution >= 4 is 17.5 Å². The molecule has 32 heavy (non-hydrogen) atoms. The van der Waals surface area contributed by atoms with E-state index in [0.717, 1.165) is 31.2 Å². The van der Waals surface area contributed by atoms with Crippen LogP contribution in [0.2, 0.25) is 0 Å². The minimum atomic E-state index is -0.490. The molecule has 2 amide bonds. The van der Waals surface area contributed by atoms with E-state index >= 15 is 0 Å². The quantitative estimate of drug-likeness (QED) is 0.656. The Labute approximate surface area is 188 Å². The molecule has 2 unspecified atom stereocenters. The van der Waals surface area contributed by atoms with Crippen molar-refractivity contribution in [3.63, 3.8) is 0 Å². The van der Waals surface area contributed by atoms with Gasteiger partial charge in [-0.2, -0.15) is 0 Å². The van der Waals surface area contributed by atoms with E-state index in [4.69, 9.17) is 4.74 Å². The van der Waals surface area contributed by atoms with E-state index in [2.05, 4.69) is 5.32 Å². The van der Waals surface area contributed by atoms with Gasteiger partial charge in [-0.1, -0.05) is 37.8 Å². The molecular formula is C26H31FN2O3. The van der Waals surface area contributed by atoms with Crippen molar-refractivity contribution in [1.29, 1.82) is 0 Å². The smallest absolute Gasteiger partial charge is 0.227 e. The summed E-state index contributed by atoms with van der Waals surface area (Å²) in [5.41, 5.74) is 1.47. The van der Waals surface area contributed by atoms with Crippen LogP contribution in [0.1, 0.15) is 63.0 Å². The van der Waals surface area contributed by atoms with Crippen molar-refractivity contribution in [3.8, 4) is 5.75 Å². The summed E-state index contributed by atoms with van der Waals surface area (Å²) in [6, 6.07) is 13.1. The van der Waals surface area contributed by atoms with Gasteiger partial charge in [0, 0.05) is 18.2 Å². The van der Waals surface area contributed by atoms with Gasteiger partial charge in [-0.25, -0.2) is 4.39 Å². The number of benzene rings is 2. The zero-order valence-electron chi connectivity index (χ0n) is 18.6. The van der Waals surface area contributed by atoms with Crippen molar-refractivity contribution in [3.05, 3.63) is 59.9 Å². The molecule has 1 heterocycles. The normalized spacial score (nSPS) is 22.3. The first kappa shape index (κ1) is 22.3. The molecular weight excluding hydrogens is 407 g/mol. The maximum Gasteiger partial charge on any atom is 0.227 e. The molecule has 0 aromatic heterocycles. The van der Waals surface area contributed by atoms with Gasteiger partial charge in [0.2, 0.25) is 11.8 Å². The molecule has 4 rings (SSSR count). The van der Waals surface area contributed by atoms with E-state index in [0.29, 0.717) is 24.3 Å². The number of nitrogens with one attached hydrogen (secondary N) is 1. The second kappa shape index (κ2) is 10.2. The molecule has 2 atom stereocenters. The van der Waals surface area contributed by atoms with Gasteiger partial charge >= 0.3 is 0 Å². The molecule has 170 valence electrons. The summed E-state index contributed by atoms with van der Waals surface area (Å²) in [5.74, 6) is -0.103. The molecule has 2 fully saturated rings. The third kappa shape index (κ3) is 4.95. The Hall–Kier alpha value is -2.89. The van der Waals surface area contributed by atoms with Crippen LogP contribution in [-0.2, 0) is 9.59 Å². The Kier molecular flexibility index (Phi) is 7.08. The summed E-state index contributed by atoms with van der Waals surface area (Å²) < 4.78 is 18.9. The number of anilines is 1. The highest BCUT2D eigenvalue weighted by atomic mass is 19.1. The fourth-order valence-electron chi connectivity index (χ4n) is 4.99. The lowest BCUT2D eigenvalue weighted by Crippen LogP contribution is -2.50. The van der Waals surface area contributed by atoms with Crippen molar-refractivity contribution in [2.75, 3.05) is 12.0 Å². The Balaban J connectivity index is 1.66. The Bertz CT molecular complexity index is 921. The lowest BCUT2D eigenvalue weighted by Gasteiger charge is -2.41. The van der Waals surface area contributed by atoms with Gasteiger partial charge < -0.3 is 15.0 Å². The Morgan fingerprint density at radius 2 is 1.62 bits per heavy atom. The minimum absolute atomic E-state index is 0.0164. The predicted molar refractivity (Wildman–Crippen MR) is 122 cm³/mol. The highest BCUT2D eigenvalue weighted by Gasteiger charge is 2.41. The van der Waals surface area contributed by atoms with E-state index in [1.165, 1.54) is 25.0 Å². The topological polar surface area (TPSA) is 58.6 Å². The summed E-state index contributed by atoms with van der Waals surface area (Å²) in [5, 5.41) is 3.27. The van der Waals surface area contributed by atoms with Crippen LogP contribution in [0.3, 0.4) is 0 Å². The number of hydrogen-bond acceptors (Lipinski definition) is 3. The zero-order chi connectivity index (χ0) is 22.5. The van der Waals surface area contributed by atoms with E-state index in [-0.39, 0.29) is 23.7 Å². The number of nitrogens with zero attached hydrogens (tertiary/aromatic N) is 1. The van der Waals surface area contributed by atoms with E-state index in [9.17, 15) is 14.0 Å². The number of ether oxygens (including phenoxy) is 1. The molecule has 0 bridgehead atoms. The number of carbonyl (C=O) groups is 2. The summed E-state index contributed by atoms with van der Waals surface area (Å²) in [6.45, 7) is 0. The van der Waals surface area contributed by atoms with Gasteiger partial charge in [0.25, 0.3) is 0 Å². The monoisotopic (exact) mass is 438 g/mol. The van der Waals surface area contributed by atoms with Crippen LogP contribution in [0.15, 0.2) is 48.5 Å². The van der Waals surface area contributed by atoms with Crippen LogP contribution in [0, 0.1) is 11.7 Å². The summed E-state index contributed by atoms with van der Waals surface area (Å²) in [7, 11) is 1.59. The fraction of sp³-hybridized carbons (Fsp3) is 0.462. The van der Waals surface area contributed by atoms with Crippen LogP contribution < -0.4 is 15.0 Å². The number of carbonyl (C=O) groups excluding carboxylic acids is 2. The van der Waals surface area contributed by atoms with Crippen LogP contribution in [-0.4, -0.2) is 25.0 Å². The van der Waals surface area contributed by atoms with Gasteiger partial charge in [0.1, 0.15) is 11.6 Å². The lowest BCUT2D eigenvalue weighted by atomic mass is 9.83. The third-order valence-electron chi connectivity index (χ3n) is 6.70. The second-order valence-electron chi connectivity index (χ2n) is 8.80. The summed E-state index contributed by atoms with van der Waals surface area (Å²) in [6.07, 6.45) is 7.47. The molecule has 1 saturated heterocycles. The first-order chi connectivity index (χ1) is 15.6. The van der Waals surface area contributed by atoms with Gasteiger partial charge in [0.05, 0.1) is 19.1 Å². The van der Waals surface area contributed by atoms with Crippen LogP contribution in [0.5, 0.6) is 5.75 Å². The van der Waals surface area contributed by atoms with Crippen molar-refractivity contribution in [2.24, 2.45) is 5.92 Å². The Morgan fingerprint density at radius 3 is 2.25 bits per heavy atom. The molecule has 2 aromatic rings. The first-order valence-electron chi connectivity index (χ1n) is 11.6. The molecule has 2 aliphatic rings. The summed E-state index contributed by atoms with van der Waals surface area (Å²) >= 11 is 0. The number of halogens is 1. The lowest BCUT2D eigenvalue weighted by molar-refractivity contribution is -0.130. The van der Waals surface area contributed by atoms with Crippen LogP contribution >= 0.6 is 0 Å². The zero-order valence-corrected chi connectivity index (χ0v) is 18.6. The molecule has 0 radical (unpaired) electrons. The maximum absolute atomic E-state index is 13.7.